The molecule has 0 aliphatic carbocycles. The summed E-state index contributed by atoms with van der Waals surface area (Å²) in [5, 5.41) is 20.4. The van der Waals surface area contributed by atoms with Gasteiger partial charge in [-0.25, -0.2) is 0 Å². The number of carboxylic acids is 2. The summed E-state index contributed by atoms with van der Waals surface area (Å²) in [7, 11) is 0. The Hall–Kier alpha value is 0.654. The molecule has 0 N–H and O–H groups in total. The van der Waals surface area contributed by atoms with E-state index in [-0.39, 0.29) is 83.1 Å². The average molecular weight is 609 g/mol. The number of aliphatic carboxylic acids is 2. The van der Waals surface area contributed by atoms with E-state index in [1.54, 1.807) is 0 Å². The molecule has 0 unspecified atom stereocenters. The van der Waals surface area contributed by atoms with E-state index in [0.29, 0.717) is 0 Å². The Morgan fingerprint density at radius 1 is 0.405 bits per heavy atom. The van der Waals surface area contributed by atoms with Gasteiger partial charge in [-0.2, -0.15) is 0 Å². The molecular formula is C36H66KLiO4. The molecule has 0 aromatic heterocycles. The summed E-state index contributed by atoms with van der Waals surface area (Å²) in [4.78, 5) is 20.4. The molecule has 0 fully saturated rings. The molecule has 6 heteroatoms. The molecule has 0 spiro atoms. The van der Waals surface area contributed by atoms with Gasteiger partial charge in [-0.3, -0.25) is 0 Å². The van der Waals surface area contributed by atoms with Crippen molar-refractivity contribution in [3.05, 3.63) is 24.3 Å². The average Bonchev–Trinajstić information content (AvgIpc) is 2.93. The number of rotatable bonds is 30. The van der Waals surface area contributed by atoms with Crippen molar-refractivity contribution in [2.24, 2.45) is 0 Å². The van der Waals surface area contributed by atoms with Gasteiger partial charge >= 0.3 is 70.2 Å². The molecular weight excluding hydrogens is 542 g/mol. The van der Waals surface area contributed by atoms with Gasteiger partial charge in [-0.05, 0) is 77.0 Å². The standard InChI is InChI=1S/2C18H34O2.K.Li/c2*1-2-3-4-5-6-7-8-9-10-11-12-13-14-15-16-17-18(19)20;;/h2*9-10H,2-8,11-17H2,1H3,(H,19,20);;/q;;2*+1/p-2/b2*10-9-;;. The van der Waals surface area contributed by atoms with Crippen LogP contribution >= 0.6 is 0 Å². The smallest absolute Gasteiger partial charge is 0.550 e. The zero-order valence-corrected chi connectivity index (χ0v) is 31.9. The summed E-state index contributed by atoms with van der Waals surface area (Å²) < 4.78 is 0. The Bertz CT molecular complexity index is 531. The third-order valence-corrected chi connectivity index (χ3v) is 7.29. The van der Waals surface area contributed by atoms with Crippen molar-refractivity contribution in [3.63, 3.8) is 0 Å². The summed E-state index contributed by atoms with van der Waals surface area (Å²) in [6, 6.07) is 0. The minimum absolute atomic E-state index is 0. The second kappa shape index (κ2) is 46.1. The molecule has 0 heterocycles. The van der Waals surface area contributed by atoms with Crippen LogP contribution in [-0.4, -0.2) is 11.9 Å². The predicted molar refractivity (Wildman–Crippen MR) is 169 cm³/mol. The first-order valence-electron chi connectivity index (χ1n) is 17.2. The summed E-state index contributed by atoms with van der Waals surface area (Å²) in [6.45, 7) is 4.51. The Morgan fingerprint density at radius 2 is 0.619 bits per heavy atom. The van der Waals surface area contributed by atoms with E-state index in [4.69, 9.17) is 0 Å². The van der Waals surface area contributed by atoms with Gasteiger partial charge in [0.1, 0.15) is 0 Å². The van der Waals surface area contributed by atoms with Crippen LogP contribution in [0.1, 0.15) is 194 Å². The van der Waals surface area contributed by atoms with Crippen LogP contribution < -0.4 is 80.5 Å². The minimum atomic E-state index is -0.914. The molecule has 0 aromatic carbocycles. The molecule has 4 nitrogen and oxygen atoms in total. The van der Waals surface area contributed by atoms with E-state index < -0.39 is 11.9 Å². The number of carbonyl (C=O) groups is 2. The van der Waals surface area contributed by atoms with Crippen molar-refractivity contribution in [1.82, 2.24) is 0 Å². The number of allylic oxidation sites excluding steroid dienone is 4. The summed E-state index contributed by atoms with van der Waals surface area (Å²) in [5.74, 6) is -1.83. The van der Waals surface area contributed by atoms with Crippen LogP contribution in [0.5, 0.6) is 0 Å². The van der Waals surface area contributed by atoms with Crippen LogP contribution in [0.15, 0.2) is 24.3 Å². The van der Waals surface area contributed by atoms with E-state index in [1.807, 2.05) is 0 Å². The van der Waals surface area contributed by atoms with Crippen molar-refractivity contribution in [3.8, 4) is 0 Å². The van der Waals surface area contributed by atoms with Crippen LogP contribution in [0.25, 0.3) is 0 Å². The molecule has 0 atom stereocenters. The fourth-order valence-electron chi connectivity index (χ4n) is 4.68. The van der Waals surface area contributed by atoms with E-state index >= 15 is 0 Å². The van der Waals surface area contributed by atoms with Crippen molar-refractivity contribution in [2.45, 2.75) is 194 Å². The molecule has 0 radical (unpaired) electrons. The maximum atomic E-state index is 10.2. The first kappa shape index (κ1) is 49.5. The topological polar surface area (TPSA) is 80.3 Å². The predicted octanol–water partition coefficient (Wildman–Crippen LogP) is 3.56. The van der Waals surface area contributed by atoms with Crippen LogP contribution in [0, 0.1) is 0 Å². The van der Waals surface area contributed by atoms with Gasteiger partial charge in [0.2, 0.25) is 0 Å². The molecule has 42 heavy (non-hydrogen) atoms. The fourth-order valence-corrected chi connectivity index (χ4v) is 4.68. The third-order valence-electron chi connectivity index (χ3n) is 7.29. The molecule has 0 rings (SSSR count). The van der Waals surface area contributed by atoms with Gasteiger partial charge in [0.15, 0.2) is 0 Å². The Morgan fingerprint density at radius 3 is 0.857 bits per heavy atom. The molecule has 0 aliphatic rings. The Labute approximate surface area is 316 Å². The molecule has 236 valence electrons. The second-order valence-corrected chi connectivity index (χ2v) is 11.4. The number of carbonyl (C=O) groups excluding carboxylic acids is 2. The quantitative estimate of drug-likeness (QED) is 0.0710. The maximum absolute atomic E-state index is 10.2. The van der Waals surface area contributed by atoms with Crippen molar-refractivity contribution in [1.29, 1.82) is 0 Å². The van der Waals surface area contributed by atoms with Gasteiger partial charge < -0.3 is 19.8 Å². The van der Waals surface area contributed by atoms with Crippen molar-refractivity contribution < 1.29 is 90.0 Å². The molecule has 0 aromatic rings. The van der Waals surface area contributed by atoms with Gasteiger partial charge in [0.25, 0.3) is 0 Å². The van der Waals surface area contributed by atoms with Crippen LogP contribution in [0.3, 0.4) is 0 Å². The van der Waals surface area contributed by atoms with Crippen molar-refractivity contribution >= 4 is 11.9 Å². The summed E-state index contributed by atoms with van der Waals surface area (Å²) in [6.07, 6.45) is 41.8. The first-order chi connectivity index (χ1) is 19.5. The van der Waals surface area contributed by atoms with E-state index in [2.05, 4.69) is 38.2 Å². The number of hydrogen-bond acceptors (Lipinski definition) is 4. The monoisotopic (exact) mass is 608 g/mol. The van der Waals surface area contributed by atoms with Gasteiger partial charge in [0.05, 0.1) is 0 Å². The van der Waals surface area contributed by atoms with Crippen LogP contribution in [0.4, 0.5) is 0 Å². The molecule has 0 aliphatic heterocycles. The van der Waals surface area contributed by atoms with E-state index in [9.17, 15) is 19.8 Å². The SMILES string of the molecule is CCCCCCCC/C=C\CCCCCCCC(=O)[O-].CCCCCCCC/C=C\CCCCCCCC(=O)[O-].[K+].[Li+]. The number of hydrogen-bond donors (Lipinski definition) is 0. The Kier molecular flexibility index (Phi) is 54.3. The molecule has 0 saturated carbocycles. The zero-order chi connectivity index (χ0) is 29.8. The third kappa shape index (κ3) is 53.2. The Balaban J connectivity index is -0.000000328. The molecule has 0 saturated heterocycles. The van der Waals surface area contributed by atoms with E-state index in [1.165, 1.54) is 128 Å². The van der Waals surface area contributed by atoms with Gasteiger partial charge in [-0.1, -0.05) is 141 Å². The van der Waals surface area contributed by atoms with Crippen LogP contribution in [0.2, 0.25) is 0 Å². The first-order valence-corrected chi connectivity index (χ1v) is 17.2. The van der Waals surface area contributed by atoms with E-state index in [0.717, 1.165) is 38.5 Å². The van der Waals surface area contributed by atoms with Crippen molar-refractivity contribution in [2.75, 3.05) is 0 Å². The normalized spacial score (nSPS) is 10.7. The van der Waals surface area contributed by atoms with Gasteiger partial charge in [0, 0.05) is 11.9 Å². The zero-order valence-electron chi connectivity index (χ0n) is 28.7. The number of unbranched alkanes of at least 4 members (excludes halogenated alkanes) is 22. The van der Waals surface area contributed by atoms with Gasteiger partial charge in [-0.15, -0.1) is 0 Å². The molecule has 0 bridgehead atoms. The molecule has 0 amide bonds. The van der Waals surface area contributed by atoms with Crippen LogP contribution in [-0.2, 0) is 9.59 Å². The number of carboxylic acid groups (broad SMARTS) is 2. The maximum Gasteiger partial charge on any atom is 1.00 e. The fraction of sp³-hybridized carbons (Fsp3) is 0.833. The minimum Gasteiger partial charge on any atom is -0.550 e. The second-order valence-electron chi connectivity index (χ2n) is 11.4. The summed E-state index contributed by atoms with van der Waals surface area (Å²) >= 11 is 0. The summed E-state index contributed by atoms with van der Waals surface area (Å²) in [5.41, 5.74) is 0. The largest absolute Gasteiger partial charge is 1.00 e.